The molecular weight excluding hydrogens is 170 g/mol. The van der Waals surface area contributed by atoms with Crippen LogP contribution in [-0.4, -0.2) is 23.5 Å². The first kappa shape index (κ1) is 9.21. The van der Waals surface area contributed by atoms with Crippen LogP contribution in [0.1, 0.15) is 46.5 Å². The highest BCUT2D eigenvalue weighted by atomic mass is 15.2. The summed E-state index contributed by atoms with van der Waals surface area (Å²) >= 11 is 0. The van der Waals surface area contributed by atoms with Crippen molar-refractivity contribution in [2.24, 2.45) is 17.3 Å². The maximum atomic E-state index is 2.74. The molecule has 0 radical (unpaired) electrons. The first-order valence-electron chi connectivity index (χ1n) is 6.27. The SMILES string of the molecule is CC(C)(C)N1CC2CCC23CCC3C1. The molecule has 1 aliphatic heterocycles. The van der Waals surface area contributed by atoms with Crippen LogP contribution < -0.4 is 0 Å². The van der Waals surface area contributed by atoms with Crippen LogP contribution in [0.4, 0.5) is 0 Å². The molecule has 0 amide bonds. The molecule has 0 aromatic heterocycles. The van der Waals surface area contributed by atoms with E-state index in [9.17, 15) is 0 Å². The van der Waals surface area contributed by atoms with E-state index < -0.39 is 0 Å². The van der Waals surface area contributed by atoms with Crippen LogP contribution in [0.3, 0.4) is 0 Å². The van der Waals surface area contributed by atoms with Gasteiger partial charge in [-0.1, -0.05) is 0 Å². The van der Waals surface area contributed by atoms with Gasteiger partial charge in [0, 0.05) is 18.6 Å². The molecule has 2 aliphatic carbocycles. The molecule has 0 N–H and O–H groups in total. The molecule has 0 aromatic carbocycles. The van der Waals surface area contributed by atoms with E-state index in [4.69, 9.17) is 0 Å². The van der Waals surface area contributed by atoms with Gasteiger partial charge in [0.2, 0.25) is 0 Å². The molecule has 2 saturated carbocycles. The summed E-state index contributed by atoms with van der Waals surface area (Å²) in [7, 11) is 0. The maximum absolute atomic E-state index is 2.74. The zero-order chi connectivity index (χ0) is 9.97. The lowest BCUT2D eigenvalue weighted by Crippen LogP contribution is -2.66. The van der Waals surface area contributed by atoms with Crippen LogP contribution in [0.2, 0.25) is 0 Å². The van der Waals surface area contributed by atoms with Gasteiger partial charge in [-0.3, -0.25) is 4.90 Å². The first-order valence-corrected chi connectivity index (χ1v) is 6.27. The molecule has 1 spiro atoms. The summed E-state index contributed by atoms with van der Waals surface area (Å²) in [5.74, 6) is 2.13. The van der Waals surface area contributed by atoms with Crippen LogP contribution in [0.15, 0.2) is 0 Å². The molecule has 3 rings (SSSR count). The Kier molecular flexibility index (Phi) is 1.68. The monoisotopic (exact) mass is 193 g/mol. The topological polar surface area (TPSA) is 3.24 Å². The van der Waals surface area contributed by atoms with Crippen molar-refractivity contribution in [3.8, 4) is 0 Å². The van der Waals surface area contributed by atoms with Gasteiger partial charge in [0.25, 0.3) is 0 Å². The van der Waals surface area contributed by atoms with Crippen molar-refractivity contribution in [3.05, 3.63) is 0 Å². The van der Waals surface area contributed by atoms with E-state index in [1.165, 1.54) is 25.9 Å². The molecule has 1 heteroatoms. The van der Waals surface area contributed by atoms with Gasteiger partial charge in [-0.25, -0.2) is 0 Å². The Balaban J connectivity index is 1.77. The zero-order valence-electron chi connectivity index (χ0n) is 9.84. The second kappa shape index (κ2) is 2.55. The van der Waals surface area contributed by atoms with Crippen LogP contribution in [0, 0.1) is 17.3 Å². The predicted molar refractivity (Wildman–Crippen MR) is 59.2 cm³/mol. The minimum Gasteiger partial charge on any atom is -0.298 e. The Bertz CT molecular complexity index is 230. The Morgan fingerprint density at radius 1 is 1.00 bits per heavy atom. The molecule has 3 aliphatic rings. The van der Waals surface area contributed by atoms with Crippen LogP contribution in [0.5, 0.6) is 0 Å². The van der Waals surface area contributed by atoms with Gasteiger partial charge in [-0.15, -0.1) is 0 Å². The minimum atomic E-state index is 0.400. The van der Waals surface area contributed by atoms with Gasteiger partial charge in [0.15, 0.2) is 0 Å². The van der Waals surface area contributed by atoms with E-state index in [-0.39, 0.29) is 0 Å². The van der Waals surface area contributed by atoms with E-state index in [0.29, 0.717) is 5.54 Å². The van der Waals surface area contributed by atoms with Crippen LogP contribution in [0.25, 0.3) is 0 Å². The summed E-state index contributed by atoms with van der Waals surface area (Å²) in [4.78, 5) is 2.74. The van der Waals surface area contributed by atoms with E-state index in [2.05, 4.69) is 25.7 Å². The smallest absolute Gasteiger partial charge is 0.0125 e. The van der Waals surface area contributed by atoms with Gasteiger partial charge in [-0.05, 0) is 63.7 Å². The fourth-order valence-corrected chi connectivity index (χ4v) is 4.01. The van der Waals surface area contributed by atoms with Gasteiger partial charge >= 0.3 is 0 Å². The molecule has 0 bridgehead atoms. The molecule has 1 heterocycles. The number of piperidine rings is 1. The van der Waals surface area contributed by atoms with Crippen molar-refractivity contribution in [1.82, 2.24) is 4.90 Å². The zero-order valence-corrected chi connectivity index (χ0v) is 9.84. The Morgan fingerprint density at radius 2 is 1.50 bits per heavy atom. The third-order valence-corrected chi connectivity index (χ3v) is 5.37. The lowest BCUT2D eigenvalue weighted by atomic mass is 9.43. The Labute approximate surface area is 87.9 Å². The van der Waals surface area contributed by atoms with Crippen molar-refractivity contribution < 1.29 is 0 Å². The number of hydrogen-bond acceptors (Lipinski definition) is 1. The van der Waals surface area contributed by atoms with Gasteiger partial charge < -0.3 is 0 Å². The summed E-state index contributed by atoms with van der Waals surface area (Å²) in [5, 5.41) is 0. The molecule has 80 valence electrons. The summed E-state index contributed by atoms with van der Waals surface area (Å²) in [6.07, 6.45) is 6.15. The van der Waals surface area contributed by atoms with E-state index in [0.717, 1.165) is 17.3 Å². The van der Waals surface area contributed by atoms with Gasteiger partial charge in [-0.2, -0.15) is 0 Å². The lowest BCUT2D eigenvalue weighted by molar-refractivity contribution is -0.179. The van der Waals surface area contributed by atoms with E-state index >= 15 is 0 Å². The summed E-state index contributed by atoms with van der Waals surface area (Å²) in [6.45, 7) is 9.89. The van der Waals surface area contributed by atoms with E-state index in [1.54, 1.807) is 12.8 Å². The molecule has 14 heavy (non-hydrogen) atoms. The Morgan fingerprint density at radius 3 is 1.79 bits per heavy atom. The lowest BCUT2D eigenvalue weighted by Gasteiger charge is -2.67. The van der Waals surface area contributed by atoms with Crippen molar-refractivity contribution in [2.75, 3.05) is 13.1 Å². The van der Waals surface area contributed by atoms with Crippen molar-refractivity contribution in [3.63, 3.8) is 0 Å². The maximum Gasteiger partial charge on any atom is 0.0125 e. The molecule has 0 aromatic rings. The molecule has 1 nitrogen and oxygen atoms in total. The largest absolute Gasteiger partial charge is 0.298 e. The summed E-state index contributed by atoms with van der Waals surface area (Å²) in [6, 6.07) is 0. The fraction of sp³-hybridized carbons (Fsp3) is 1.00. The average Bonchev–Trinajstić information content (AvgIpc) is 1.95. The number of nitrogens with zero attached hydrogens (tertiary/aromatic N) is 1. The average molecular weight is 193 g/mol. The number of likely N-dealkylation sites (tertiary alicyclic amines) is 1. The second-order valence-corrected chi connectivity index (χ2v) is 6.78. The van der Waals surface area contributed by atoms with Gasteiger partial charge in [0.1, 0.15) is 0 Å². The Hall–Kier alpha value is -0.0400. The highest BCUT2D eigenvalue weighted by molar-refractivity contribution is 5.11. The summed E-state index contributed by atoms with van der Waals surface area (Å²) in [5.41, 5.74) is 1.26. The highest BCUT2D eigenvalue weighted by Crippen LogP contribution is 2.65. The standard InChI is InChI=1S/C13H23N/c1-12(2,3)14-8-10-4-6-13(10)7-5-11(13)9-14/h10-11H,4-9H2,1-3H3. The molecule has 3 fully saturated rings. The number of rotatable bonds is 0. The van der Waals surface area contributed by atoms with Crippen LogP contribution in [-0.2, 0) is 0 Å². The molecule has 2 atom stereocenters. The predicted octanol–water partition coefficient (Wildman–Crippen LogP) is 2.91. The summed E-state index contributed by atoms with van der Waals surface area (Å²) < 4.78 is 0. The van der Waals surface area contributed by atoms with E-state index in [1.807, 2.05) is 0 Å². The third kappa shape index (κ3) is 0.997. The first-order chi connectivity index (χ1) is 6.52. The number of hydrogen-bond donors (Lipinski definition) is 0. The fourth-order valence-electron chi connectivity index (χ4n) is 4.01. The van der Waals surface area contributed by atoms with Gasteiger partial charge in [0.05, 0.1) is 0 Å². The normalized spacial score (nSPS) is 47.4. The molecule has 2 unspecified atom stereocenters. The van der Waals surface area contributed by atoms with Crippen molar-refractivity contribution in [2.45, 2.75) is 52.0 Å². The quantitative estimate of drug-likeness (QED) is 0.572. The molecular formula is C13H23N. The molecule has 1 saturated heterocycles. The minimum absolute atomic E-state index is 0.400. The van der Waals surface area contributed by atoms with Crippen molar-refractivity contribution >= 4 is 0 Å². The second-order valence-electron chi connectivity index (χ2n) is 6.78. The third-order valence-electron chi connectivity index (χ3n) is 5.37. The highest BCUT2D eigenvalue weighted by Gasteiger charge is 2.60. The van der Waals surface area contributed by atoms with Crippen molar-refractivity contribution in [1.29, 1.82) is 0 Å². The van der Waals surface area contributed by atoms with Crippen LogP contribution >= 0.6 is 0 Å².